The summed E-state index contributed by atoms with van der Waals surface area (Å²) in [5.74, 6) is 0.0694. The number of amides is 1. The number of carbonyl (C=O) groups excluding carboxylic acids is 1. The summed E-state index contributed by atoms with van der Waals surface area (Å²) >= 11 is 0. The van der Waals surface area contributed by atoms with E-state index in [9.17, 15) is 4.79 Å². The highest BCUT2D eigenvalue weighted by atomic mass is 16.5. The van der Waals surface area contributed by atoms with Gasteiger partial charge in [0.2, 0.25) is 0 Å². The number of rotatable bonds is 4. The minimum Gasteiger partial charge on any atom is -0.356 e. The van der Waals surface area contributed by atoms with Gasteiger partial charge in [0.05, 0.1) is 6.61 Å². The lowest BCUT2D eigenvalue weighted by Crippen LogP contribution is -2.38. The maximum atomic E-state index is 12.3. The van der Waals surface area contributed by atoms with Crippen LogP contribution in [0.5, 0.6) is 0 Å². The summed E-state index contributed by atoms with van der Waals surface area (Å²) < 4.78 is 5.65. The highest BCUT2D eigenvalue weighted by molar-refractivity contribution is 5.96. The molecule has 0 unspecified atom stereocenters. The van der Waals surface area contributed by atoms with E-state index >= 15 is 0 Å². The predicted molar refractivity (Wildman–Crippen MR) is 77.3 cm³/mol. The fourth-order valence-corrected chi connectivity index (χ4v) is 2.45. The van der Waals surface area contributed by atoms with Crippen LogP contribution < -0.4 is 0 Å². The van der Waals surface area contributed by atoms with Gasteiger partial charge in [0, 0.05) is 12.1 Å². The van der Waals surface area contributed by atoms with Gasteiger partial charge >= 0.3 is 0 Å². The topological polar surface area (TPSA) is 29.5 Å². The zero-order valence-corrected chi connectivity index (χ0v) is 11.3. The minimum absolute atomic E-state index is 0.0694. The lowest BCUT2D eigenvalue weighted by atomic mass is 10.00. The standard InChI is InChI=1S/C17H17NO2/c19-17-16-9-5-4-8-15(16)10-11-18(17)13-20-12-14-6-2-1-3-7-14/h1-9H,10-13H2. The Kier molecular flexibility index (Phi) is 3.79. The highest BCUT2D eigenvalue weighted by Gasteiger charge is 2.23. The van der Waals surface area contributed by atoms with E-state index in [-0.39, 0.29) is 5.91 Å². The van der Waals surface area contributed by atoms with Gasteiger partial charge in [-0.3, -0.25) is 4.79 Å². The minimum atomic E-state index is 0.0694. The van der Waals surface area contributed by atoms with Crippen LogP contribution in [0.25, 0.3) is 0 Å². The summed E-state index contributed by atoms with van der Waals surface area (Å²) in [6, 6.07) is 17.8. The molecule has 0 atom stereocenters. The molecule has 3 rings (SSSR count). The molecule has 0 radical (unpaired) electrons. The average molecular weight is 267 g/mol. The van der Waals surface area contributed by atoms with Crippen LogP contribution in [-0.4, -0.2) is 24.1 Å². The normalized spacial score (nSPS) is 14.2. The summed E-state index contributed by atoms with van der Waals surface area (Å²) in [6.07, 6.45) is 0.899. The molecule has 0 aromatic heterocycles. The molecular weight excluding hydrogens is 250 g/mol. The van der Waals surface area contributed by atoms with Gasteiger partial charge < -0.3 is 9.64 Å². The van der Waals surface area contributed by atoms with Gasteiger partial charge in [0.25, 0.3) is 5.91 Å². The molecule has 0 fully saturated rings. The maximum absolute atomic E-state index is 12.3. The van der Waals surface area contributed by atoms with Crippen LogP contribution in [-0.2, 0) is 17.8 Å². The van der Waals surface area contributed by atoms with Crippen molar-refractivity contribution >= 4 is 5.91 Å². The molecule has 0 aliphatic carbocycles. The first-order valence-electron chi connectivity index (χ1n) is 6.83. The van der Waals surface area contributed by atoms with Crippen molar-refractivity contribution in [2.45, 2.75) is 13.0 Å². The maximum Gasteiger partial charge on any atom is 0.255 e. The van der Waals surface area contributed by atoms with Crippen molar-refractivity contribution in [2.24, 2.45) is 0 Å². The van der Waals surface area contributed by atoms with E-state index in [2.05, 4.69) is 0 Å². The van der Waals surface area contributed by atoms with Crippen LogP contribution >= 0.6 is 0 Å². The number of benzene rings is 2. The van der Waals surface area contributed by atoms with Crippen LogP contribution in [0.2, 0.25) is 0 Å². The Morgan fingerprint density at radius 2 is 1.75 bits per heavy atom. The van der Waals surface area contributed by atoms with Gasteiger partial charge in [0.15, 0.2) is 0 Å². The number of nitrogens with zero attached hydrogens (tertiary/aromatic N) is 1. The van der Waals surface area contributed by atoms with Gasteiger partial charge in [-0.25, -0.2) is 0 Å². The average Bonchev–Trinajstić information content (AvgIpc) is 2.51. The quantitative estimate of drug-likeness (QED) is 0.852. The Balaban J connectivity index is 1.58. The molecule has 1 aliphatic heterocycles. The second-order valence-electron chi connectivity index (χ2n) is 4.94. The zero-order valence-electron chi connectivity index (χ0n) is 11.3. The van der Waals surface area contributed by atoms with Gasteiger partial charge in [-0.15, -0.1) is 0 Å². The Bertz CT molecular complexity index is 595. The number of carbonyl (C=O) groups is 1. The molecule has 2 aromatic carbocycles. The van der Waals surface area contributed by atoms with E-state index in [1.807, 2.05) is 54.6 Å². The zero-order chi connectivity index (χ0) is 13.8. The van der Waals surface area contributed by atoms with Crippen LogP contribution in [0.1, 0.15) is 21.5 Å². The van der Waals surface area contributed by atoms with E-state index in [0.29, 0.717) is 13.3 Å². The first-order valence-corrected chi connectivity index (χ1v) is 6.83. The Hall–Kier alpha value is -2.13. The number of ether oxygens (including phenoxy) is 1. The Morgan fingerprint density at radius 3 is 2.60 bits per heavy atom. The molecule has 1 heterocycles. The molecule has 0 saturated heterocycles. The van der Waals surface area contributed by atoms with Crippen LogP contribution in [0.3, 0.4) is 0 Å². The van der Waals surface area contributed by atoms with Crippen molar-refractivity contribution < 1.29 is 9.53 Å². The smallest absolute Gasteiger partial charge is 0.255 e. The molecule has 0 bridgehead atoms. The van der Waals surface area contributed by atoms with Crippen molar-refractivity contribution in [3.8, 4) is 0 Å². The first kappa shape index (κ1) is 12.9. The van der Waals surface area contributed by atoms with Crippen molar-refractivity contribution in [1.82, 2.24) is 4.90 Å². The van der Waals surface area contributed by atoms with E-state index in [4.69, 9.17) is 4.74 Å². The van der Waals surface area contributed by atoms with Crippen molar-refractivity contribution in [1.29, 1.82) is 0 Å². The summed E-state index contributed by atoms with van der Waals surface area (Å²) in [5, 5.41) is 0. The number of hydrogen-bond donors (Lipinski definition) is 0. The molecule has 0 saturated carbocycles. The Morgan fingerprint density at radius 1 is 1.00 bits per heavy atom. The van der Waals surface area contributed by atoms with Crippen LogP contribution in [0, 0.1) is 0 Å². The molecule has 3 nitrogen and oxygen atoms in total. The number of hydrogen-bond acceptors (Lipinski definition) is 2. The summed E-state index contributed by atoms with van der Waals surface area (Å²) in [5.41, 5.74) is 3.07. The monoisotopic (exact) mass is 267 g/mol. The van der Waals surface area contributed by atoms with Gasteiger partial charge in [-0.1, -0.05) is 48.5 Å². The van der Waals surface area contributed by atoms with Crippen molar-refractivity contribution in [2.75, 3.05) is 13.3 Å². The predicted octanol–water partition coefficient (Wildman–Crippen LogP) is 2.86. The molecule has 3 heteroatoms. The molecule has 20 heavy (non-hydrogen) atoms. The third-order valence-electron chi connectivity index (χ3n) is 3.54. The molecule has 2 aromatic rings. The van der Waals surface area contributed by atoms with E-state index in [0.717, 1.165) is 29.7 Å². The van der Waals surface area contributed by atoms with Gasteiger partial charge in [-0.05, 0) is 23.6 Å². The van der Waals surface area contributed by atoms with Crippen LogP contribution in [0.4, 0.5) is 0 Å². The summed E-state index contributed by atoms with van der Waals surface area (Å²) in [4.78, 5) is 14.1. The second-order valence-corrected chi connectivity index (χ2v) is 4.94. The second kappa shape index (κ2) is 5.88. The molecule has 102 valence electrons. The fraction of sp³-hybridized carbons (Fsp3) is 0.235. The lowest BCUT2D eigenvalue weighted by Gasteiger charge is -2.28. The number of fused-ring (bicyclic) bond motifs is 1. The fourth-order valence-electron chi connectivity index (χ4n) is 2.45. The molecule has 0 spiro atoms. The van der Waals surface area contributed by atoms with E-state index < -0.39 is 0 Å². The SMILES string of the molecule is O=C1c2ccccc2CCN1COCc1ccccc1. The lowest BCUT2D eigenvalue weighted by molar-refractivity contribution is 0.0158. The third-order valence-corrected chi connectivity index (χ3v) is 3.54. The summed E-state index contributed by atoms with van der Waals surface area (Å²) in [6.45, 7) is 1.61. The molecule has 1 aliphatic rings. The Labute approximate surface area is 118 Å². The highest BCUT2D eigenvalue weighted by Crippen LogP contribution is 2.18. The molecule has 0 N–H and O–H groups in total. The molecule has 1 amide bonds. The van der Waals surface area contributed by atoms with Gasteiger partial charge in [-0.2, -0.15) is 0 Å². The third kappa shape index (κ3) is 2.73. The van der Waals surface area contributed by atoms with Crippen molar-refractivity contribution in [3.05, 3.63) is 71.3 Å². The molecular formula is C17H17NO2. The van der Waals surface area contributed by atoms with Crippen LogP contribution in [0.15, 0.2) is 54.6 Å². The first-order chi connectivity index (χ1) is 9.84. The largest absolute Gasteiger partial charge is 0.356 e. The van der Waals surface area contributed by atoms with E-state index in [1.165, 1.54) is 0 Å². The van der Waals surface area contributed by atoms with Gasteiger partial charge in [0.1, 0.15) is 6.73 Å². The van der Waals surface area contributed by atoms with Crippen molar-refractivity contribution in [3.63, 3.8) is 0 Å². The summed E-state index contributed by atoms with van der Waals surface area (Å²) in [7, 11) is 0. The van der Waals surface area contributed by atoms with E-state index in [1.54, 1.807) is 4.90 Å².